The number of nitrogens with one attached hydrogen (secondary N) is 1. The fourth-order valence-corrected chi connectivity index (χ4v) is 3.11. The molecule has 1 N–H and O–H groups in total. The summed E-state index contributed by atoms with van der Waals surface area (Å²) in [7, 11) is 2.14. The lowest BCUT2D eigenvalue weighted by Gasteiger charge is -2.43. The molecule has 3 rings (SSSR count). The summed E-state index contributed by atoms with van der Waals surface area (Å²) in [6.07, 6.45) is 2.03. The van der Waals surface area contributed by atoms with Gasteiger partial charge in [0.2, 0.25) is 5.91 Å². The molecular weight excluding hydrogens is 238 g/mol. The highest BCUT2D eigenvalue weighted by Gasteiger charge is 2.46. The number of benzene rings is 1. The van der Waals surface area contributed by atoms with Crippen LogP contribution >= 0.6 is 0 Å². The minimum absolute atomic E-state index is 0.112. The summed E-state index contributed by atoms with van der Waals surface area (Å²) in [4.78, 5) is 16.6. The zero-order valence-electron chi connectivity index (χ0n) is 11.4. The first kappa shape index (κ1) is 12.6. The summed E-state index contributed by atoms with van der Waals surface area (Å²) < 4.78 is 0. The maximum Gasteiger partial charge on any atom is 0.238 e. The zero-order chi connectivity index (χ0) is 13.3. The summed E-state index contributed by atoms with van der Waals surface area (Å²) >= 11 is 0. The third-order valence-electron chi connectivity index (χ3n) is 4.38. The normalized spacial score (nSPS) is 23.2. The molecule has 4 nitrogen and oxygen atoms in total. The van der Waals surface area contributed by atoms with Crippen molar-refractivity contribution in [3.05, 3.63) is 35.9 Å². The number of likely N-dealkylation sites (tertiary alicyclic amines) is 1. The number of piperidine rings is 1. The van der Waals surface area contributed by atoms with Crippen LogP contribution in [0.25, 0.3) is 0 Å². The first-order valence-corrected chi connectivity index (χ1v) is 6.98. The predicted octanol–water partition coefficient (Wildman–Crippen LogP) is 1.04. The van der Waals surface area contributed by atoms with E-state index >= 15 is 0 Å². The minimum Gasteiger partial charge on any atom is -0.319 e. The molecular formula is C15H21N3O. The molecule has 0 aromatic heterocycles. The van der Waals surface area contributed by atoms with Gasteiger partial charge in [0, 0.05) is 19.6 Å². The first-order valence-electron chi connectivity index (χ1n) is 6.98. The van der Waals surface area contributed by atoms with Crippen molar-refractivity contribution in [1.29, 1.82) is 0 Å². The molecule has 1 aromatic rings. The number of amides is 1. The van der Waals surface area contributed by atoms with E-state index in [1.165, 1.54) is 5.56 Å². The van der Waals surface area contributed by atoms with Gasteiger partial charge in [0.1, 0.15) is 0 Å². The van der Waals surface area contributed by atoms with Crippen LogP contribution in [0.4, 0.5) is 0 Å². The van der Waals surface area contributed by atoms with Crippen molar-refractivity contribution in [2.45, 2.75) is 25.0 Å². The van der Waals surface area contributed by atoms with Crippen molar-refractivity contribution < 1.29 is 4.79 Å². The van der Waals surface area contributed by atoms with Crippen LogP contribution in [-0.2, 0) is 11.3 Å². The second-order valence-corrected chi connectivity index (χ2v) is 5.65. The second kappa shape index (κ2) is 4.94. The largest absolute Gasteiger partial charge is 0.319 e. The number of carbonyl (C=O) groups is 1. The Kier molecular flexibility index (Phi) is 3.29. The standard InChI is InChI=1S/C15H21N3O/c1-17-9-7-15(8-10-17)16-11-14(19)18(15)12-13-5-3-2-4-6-13/h2-6,16H,7-12H2,1H3. The Hall–Kier alpha value is -1.39. The Morgan fingerprint density at radius 3 is 2.58 bits per heavy atom. The van der Waals surface area contributed by atoms with Gasteiger partial charge in [-0.1, -0.05) is 30.3 Å². The second-order valence-electron chi connectivity index (χ2n) is 5.65. The molecule has 0 aliphatic carbocycles. The quantitative estimate of drug-likeness (QED) is 0.862. The Morgan fingerprint density at radius 2 is 1.89 bits per heavy atom. The summed E-state index contributed by atoms with van der Waals surface area (Å²) in [6, 6.07) is 10.3. The monoisotopic (exact) mass is 259 g/mol. The number of carbonyl (C=O) groups excluding carboxylic acids is 1. The number of hydrogen-bond donors (Lipinski definition) is 1. The zero-order valence-corrected chi connectivity index (χ0v) is 11.4. The highest BCUT2D eigenvalue weighted by molar-refractivity contribution is 5.81. The van der Waals surface area contributed by atoms with E-state index in [-0.39, 0.29) is 11.6 Å². The fourth-order valence-electron chi connectivity index (χ4n) is 3.11. The van der Waals surface area contributed by atoms with Crippen LogP contribution in [0.2, 0.25) is 0 Å². The third kappa shape index (κ3) is 2.38. The van der Waals surface area contributed by atoms with Crippen LogP contribution in [0.3, 0.4) is 0 Å². The molecule has 0 saturated carbocycles. The molecule has 1 amide bonds. The lowest BCUT2D eigenvalue weighted by atomic mass is 9.96. The lowest BCUT2D eigenvalue weighted by molar-refractivity contribution is -0.132. The Labute approximate surface area is 114 Å². The van der Waals surface area contributed by atoms with E-state index in [2.05, 4.69) is 34.3 Å². The van der Waals surface area contributed by atoms with Crippen LogP contribution in [0.15, 0.2) is 30.3 Å². The Balaban J connectivity index is 1.79. The maximum absolute atomic E-state index is 12.2. The Morgan fingerprint density at radius 1 is 1.21 bits per heavy atom. The van der Waals surface area contributed by atoms with Crippen LogP contribution in [0, 0.1) is 0 Å². The topological polar surface area (TPSA) is 35.6 Å². The van der Waals surface area contributed by atoms with Gasteiger partial charge in [0.05, 0.1) is 12.2 Å². The summed E-state index contributed by atoms with van der Waals surface area (Å²) in [5.41, 5.74) is 1.09. The van der Waals surface area contributed by atoms with Crippen molar-refractivity contribution in [3.63, 3.8) is 0 Å². The van der Waals surface area contributed by atoms with Crippen LogP contribution in [0.5, 0.6) is 0 Å². The van der Waals surface area contributed by atoms with Crippen molar-refractivity contribution in [1.82, 2.24) is 15.1 Å². The molecule has 2 fully saturated rings. The van der Waals surface area contributed by atoms with Crippen LogP contribution in [-0.4, -0.2) is 48.1 Å². The number of nitrogens with zero attached hydrogens (tertiary/aromatic N) is 2. The minimum atomic E-state index is -0.112. The van der Waals surface area contributed by atoms with Crippen molar-refractivity contribution in [2.24, 2.45) is 0 Å². The fraction of sp³-hybridized carbons (Fsp3) is 0.533. The van der Waals surface area contributed by atoms with E-state index in [1.807, 2.05) is 18.2 Å². The average Bonchev–Trinajstić information content (AvgIpc) is 2.73. The van der Waals surface area contributed by atoms with Gasteiger partial charge in [-0.05, 0) is 25.5 Å². The number of rotatable bonds is 2. The van der Waals surface area contributed by atoms with Gasteiger partial charge in [0.25, 0.3) is 0 Å². The van der Waals surface area contributed by atoms with Crippen molar-refractivity contribution >= 4 is 5.91 Å². The lowest BCUT2D eigenvalue weighted by Crippen LogP contribution is -2.57. The van der Waals surface area contributed by atoms with Crippen LogP contribution in [0.1, 0.15) is 18.4 Å². The smallest absolute Gasteiger partial charge is 0.238 e. The molecule has 0 bridgehead atoms. The molecule has 1 spiro atoms. The van der Waals surface area contributed by atoms with Gasteiger partial charge in [-0.25, -0.2) is 0 Å². The summed E-state index contributed by atoms with van der Waals surface area (Å²) in [5, 5.41) is 3.46. The molecule has 19 heavy (non-hydrogen) atoms. The predicted molar refractivity (Wildman–Crippen MR) is 74.5 cm³/mol. The average molecular weight is 259 g/mol. The molecule has 2 heterocycles. The first-order chi connectivity index (χ1) is 9.20. The van der Waals surface area contributed by atoms with Gasteiger partial charge in [0.15, 0.2) is 0 Å². The molecule has 0 radical (unpaired) electrons. The van der Waals surface area contributed by atoms with Crippen molar-refractivity contribution in [2.75, 3.05) is 26.7 Å². The highest BCUT2D eigenvalue weighted by Crippen LogP contribution is 2.31. The maximum atomic E-state index is 12.2. The molecule has 1 aromatic carbocycles. The molecule has 0 unspecified atom stereocenters. The van der Waals surface area contributed by atoms with Gasteiger partial charge in [-0.3, -0.25) is 10.1 Å². The highest BCUT2D eigenvalue weighted by atomic mass is 16.2. The van der Waals surface area contributed by atoms with E-state index in [0.717, 1.165) is 32.5 Å². The van der Waals surface area contributed by atoms with Crippen LogP contribution < -0.4 is 5.32 Å². The van der Waals surface area contributed by atoms with E-state index in [9.17, 15) is 4.79 Å². The van der Waals surface area contributed by atoms with Crippen molar-refractivity contribution in [3.8, 4) is 0 Å². The molecule has 0 atom stereocenters. The summed E-state index contributed by atoms with van der Waals surface area (Å²) in [5.74, 6) is 0.230. The molecule has 2 aliphatic heterocycles. The molecule has 4 heteroatoms. The third-order valence-corrected chi connectivity index (χ3v) is 4.38. The SMILES string of the molecule is CN1CCC2(CC1)NCC(=O)N2Cc1ccccc1. The van der Waals surface area contributed by atoms with Gasteiger partial charge in [-0.2, -0.15) is 0 Å². The summed E-state index contributed by atoms with van der Waals surface area (Å²) in [6.45, 7) is 3.30. The Bertz CT molecular complexity index is 452. The van der Waals surface area contributed by atoms with E-state index in [0.29, 0.717) is 6.54 Å². The number of hydrogen-bond acceptors (Lipinski definition) is 3. The van der Waals surface area contributed by atoms with Gasteiger partial charge < -0.3 is 9.80 Å². The van der Waals surface area contributed by atoms with E-state index < -0.39 is 0 Å². The van der Waals surface area contributed by atoms with E-state index in [4.69, 9.17) is 0 Å². The molecule has 2 saturated heterocycles. The van der Waals surface area contributed by atoms with Gasteiger partial charge in [-0.15, -0.1) is 0 Å². The molecule has 2 aliphatic rings. The molecule has 102 valence electrons. The van der Waals surface area contributed by atoms with Gasteiger partial charge >= 0.3 is 0 Å². The van der Waals surface area contributed by atoms with E-state index in [1.54, 1.807) is 0 Å².